The fourth-order valence-corrected chi connectivity index (χ4v) is 5.58. The number of carboxylic acids is 1. The zero-order chi connectivity index (χ0) is 15.6. The third-order valence-electron chi connectivity index (χ3n) is 4.43. The van der Waals surface area contributed by atoms with Gasteiger partial charge in [0.05, 0.1) is 24.2 Å². The summed E-state index contributed by atoms with van der Waals surface area (Å²) in [6.07, 6.45) is 2.57. The maximum atomic E-state index is 12.7. The molecule has 0 aromatic carbocycles. The summed E-state index contributed by atoms with van der Waals surface area (Å²) in [6, 6.07) is 0. The number of hydrogen-bond acceptors (Lipinski definition) is 5. The first kappa shape index (κ1) is 16.2. The van der Waals surface area contributed by atoms with E-state index < -0.39 is 39.0 Å². The molecular formula is C13H21NO6S. The van der Waals surface area contributed by atoms with Crippen LogP contribution >= 0.6 is 0 Å². The molecule has 0 radical (unpaired) electrons. The number of methoxy groups -OCH3 is 1. The number of hydrogen-bond donors (Lipinski definition) is 1. The quantitative estimate of drug-likeness (QED) is 0.755. The molecule has 0 spiro atoms. The molecule has 8 heteroatoms. The molecule has 0 bridgehead atoms. The first-order chi connectivity index (χ1) is 9.87. The normalized spacial score (nSPS) is 31.0. The topological polar surface area (TPSA) is 101 Å². The lowest BCUT2D eigenvalue weighted by atomic mass is 10.0. The van der Waals surface area contributed by atoms with Crippen LogP contribution in [0, 0.1) is 11.8 Å². The van der Waals surface area contributed by atoms with Gasteiger partial charge in [-0.05, 0) is 25.7 Å². The number of carbonyl (C=O) groups excluding carboxylic acids is 1. The molecule has 7 nitrogen and oxygen atoms in total. The van der Waals surface area contributed by atoms with Crippen molar-refractivity contribution in [1.29, 1.82) is 0 Å². The van der Waals surface area contributed by atoms with Crippen molar-refractivity contribution in [3.8, 4) is 0 Å². The van der Waals surface area contributed by atoms with E-state index in [1.807, 2.05) is 0 Å². The molecule has 3 atom stereocenters. The highest BCUT2D eigenvalue weighted by Gasteiger charge is 2.45. The van der Waals surface area contributed by atoms with E-state index in [-0.39, 0.29) is 6.54 Å². The lowest BCUT2D eigenvalue weighted by molar-refractivity contribution is -0.146. The number of ether oxygens (including phenoxy) is 1. The Morgan fingerprint density at radius 3 is 2.52 bits per heavy atom. The number of carboxylic acid groups (broad SMARTS) is 1. The van der Waals surface area contributed by atoms with E-state index >= 15 is 0 Å². The van der Waals surface area contributed by atoms with E-state index in [1.165, 1.54) is 11.4 Å². The minimum Gasteiger partial charge on any atom is -0.481 e. The number of nitrogens with zero attached hydrogens (tertiary/aromatic N) is 1. The second-order valence-corrected chi connectivity index (χ2v) is 7.83. The van der Waals surface area contributed by atoms with Crippen LogP contribution in [0.4, 0.5) is 0 Å². The van der Waals surface area contributed by atoms with Crippen LogP contribution in [0.2, 0.25) is 0 Å². The van der Waals surface area contributed by atoms with Crippen LogP contribution in [0.15, 0.2) is 0 Å². The van der Waals surface area contributed by atoms with Crippen molar-refractivity contribution in [2.45, 2.75) is 37.4 Å². The summed E-state index contributed by atoms with van der Waals surface area (Å²) in [5, 5.41) is 8.30. The average Bonchev–Trinajstić information content (AvgIpc) is 2.97. The van der Waals surface area contributed by atoms with Gasteiger partial charge in [-0.2, -0.15) is 0 Å². The van der Waals surface area contributed by atoms with Crippen molar-refractivity contribution in [1.82, 2.24) is 4.31 Å². The summed E-state index contributed by atoms with van der Waals surface area (Å²) in [5.74, 6) is -2.75. The van der Waals surface area contributed by atoms with Crippen LogP contribution in [0.1, 0.15) is 32.1 Å². The molecule has 1 aliphatic heterocycles. The van der Waals surface area contributed by atoms with Gasteiger partial charge in [0, 0.05) is 13.1 Å². The Morgan fingerprint density at radius 1 is 1.19 bits per heavy atom. The summed E-state index contributed by atoms with van der Waals surface area (Å²) in [7, 11) is -2.40. The number of sulfonamides is 1. The Morgan fingerprint density at radius 2 is 1.90 bits per heavy atom. The van der Waals surface area contributed by atoms with E-state index in [4.69, 9.17) is 5.11 Å². The van der Waals surface area contributed by atoms with Crippen LogP contribution in [0.3, 0.4) is 0 Å². The maximum Gasteiger partial charge on any atom is 0.309 e. The second kappa shape index (κ2) is 6.31. The van der Waals surface area contributed by atoms with E-state index in [9.17, 15) is 18.0 Å². The van der Waals surface area contributed by atoms with Crippen LogP contribution in [-0.4, -0.2) is 55.2 Å². The van der Waals surface area contributed by atoms with Gasteiger partial charge in [-0.25, -0.2) is 12.7 Å². The van der Waals surface area contributed by atoms with E-state index in [1.54, 1.807) is 0 Å². The molecule has 2 fully saturated rings. The largest absolute Gasteiger partial charge is 0.481 e. The van der Waals surface area contributed by atoms with Gasteiger partial charge in [-0.1, -0.05) is 6.42 Å². The van der Waals surface area contributed by atoms with Crippen molar-refractivity contribution in [2.75, 3.05) is 20.2 Å². The van der Waals surface area contributed by atoms with Crippen LogP contribution in [0.25, 0.3) is 0 Å². The molecule has 0 aromatic heterocycles. The fraction of sp³-hybridized carbons (Fsp3) is 0.846. The minimum atomic E-state index is -3.69. The van der Waals surface area contributed by atoms with Crippen LogP contribution in [-0.2, 0) is 24.3 Å². The highest BCUT2D eigenvalue weighted by molar-refractivity contribution is 7.89. The van der Waals surface area contributed by atoms with Crippen molar-refractivity contribution in [2.24, 2.45) is 11.8 Å². The van der Waals surface area contributed by atoms with Gasteiger partial charge >= 0.3 is 11.9 Å². The smallest absolute Gasteiger partial charge is 0.309 e. The molecule has 0 aromatic rings. The highest BCUT2D eigenvalue weighted by Crippen LogP contribution is 2.34. The molecule has 0 amide bonds. The highest BCUT2D eigenvalue weighted by atomic mass is 32.2. The average molecular weight is 319 g/mol. The van der Waals surface area contributed by atoms with Crippen LogP contribution in [0.5, 0.6) is 0 Å². The van der Waals surface area contributed by atoms with Gasteiger partial charge in [-0.3, -0.25) is 9.59 Å². The molecule has 1 aliphatic carbocycles. The SMILES string of the molecule is COC(=O)C1CCCN(S(=O)(=O)C2CCCC2C(=O)O)C1. The molecule has 21 heavy (non-hydrogen) atoms. The molecule has 1 N–H and O–H groups in total. The maximum absolute atomic E-state index is 12.7. The number of esters is 1. The Balaban J connectivity index is 2.15. The first-order valence-electron chi connectivity index (χ1n) is 7.17. The summed E-state index contributed by atoms with van der Waals surface area (Å²) in [4.78, 5) is 22.8. The van der Waals surface area contributed by atoms with Crippen molar-refractivity contribution >= 4 is 22.0 Å². The molecular weight excluding hydrogens is 298 g/mol. The summed E-state index contributed by atoms with van der Waals surface area (Å²) in [6.45, 7) is 0.441. The van der Waals surface area contributed by atoms with Crippen LogP contribution < -0.4 is 0 Å². The number of aliphatic carboxylic acids is 1. The standard InChI is InChI=1S/C13H21NO6S/c1-20-13(17)9-4-3-7-14(8-9)21(18,19)11-6-2-5-10(11)12(15)16/h9-11H,2-8H2,1H3,(H,15,16). The van der Waals surface area contributed by atoms with Gasteiger partial charge < -0.3 is 9.84 Å². The summed E-state index contributed by atoms with van der Waals surface area (Å²) < 4.78 is 31.3. The zero-order valence-corrected chi connectivity index (χ0v) is 12.8. The Hall–Kier alpha value is -1.15. The van der Waals surface area contributed by atoms with Gasteiger partial charge in [0.2, 0.25) is 10.0 Å². The number of rotatable bonds is 4. The number of carbonyl (C=O) groups is 2. The third-order valence-corrected chi connectivity index (χ3v) is 6.81. The Kier molecular flexibility index (Phi) is 4.88. The van der Waals surface area contributed by atoms with Crippen molar-refractivity contribution < 1.29 is 27.9 Å². The monoisotopic (exact) mass is 319 g/mol. The molecule has 1 saturated carbocycles. The molecule has 2 aliphatic rings. The van der Waals surface area contributed by atoms with E-state index in [0.29, 0.717) is 38.6 Å². The Labute approximate surface area is 124 Å². The van der Waals surface area contributed by atoms with Gasteiger partial charge in [0.15, 0.2) is 0 Å². The molecule has 3 unspecified atom stereocenters. The Bertz CT molecular complexity index is 517. The van der Waals surface area contributed by atoms with Gasteiger partial charge in [0.1, 0.15) is 0 Å². The zero-order valence-electron chi connectivity index (χ0n) is 12.0. The molecule has 1 saturated heterocycles. The lowest BCUT2D eigenvalue weighted by Gasteiger charge is -2.33. The lowest BCUT2D eigenvalue weighted by Crippen LogP contribution is -2.48. The van der Waals surface area contributed by atoms with Crippen molar-refractivity contribution in [3.05, 3.63) is 0 Å². The first-order valence-corrected chi connectivity index (χ1v) is 8.68. The minimum absolute atomic E-state index is 0.0951. The van der Waals surface area contributed by atoms with E-state index in [2.05, 4.69) is 4.74 Å². The van der Waals surface area contributed by atoms with Crippen molar-refractivity contribution in [3.63, 3.8) is 0 Å². The number of piperidine rings is 1. The van der Waals surface area contributed by atoms with E-state index in [0.717, 1.165) is 0 Å². The predicted octanol–water partition coefficient (Wildman–Crippen LogP) is 0.454. The summed E-state index contributed by atoms with van der Waals surface area (Å²) in [5.41, 5.74) is 0. The fourth-order valence-electron chi connectivity index (χ4n) is 3.29. The molecule has 2 rings (SSSR count). The second-order valence-electron chi connectivity index (χ2n) is 5.68. The van der Waals surface area contributed by atoms with Gasteiger partial charge in [0.25, 0.3) is 0 Å². The van der Waals surface area contributed by atoms with Gasteiger partial charge in [-0.15, -0.1) is 0 Å². The molecule has 1 heterocycles. The third kappa shape index (κ3) is 3.21. The molecule has 120 valence electrons. The predicted molar refractivity (Wildman–Crippen MR) is 74.0 cm³/mol. The summed E-state index contributed by atoms with van der Waals surface area (Å²) >= 11 is 0.